The molecule has 0 fully saturated rings. The number of aromatic nitrogens is 2. The van der Waals surface area contributed by atoms with Crippen molar-refractivity contribution in [1.82, 2.24) is 9.78 Å². The molecule has 0 radical (unpaired) electrons. The van der Waals surface area contributed by atoms with Crippen molar-refractivity contribution in [2.45, 2.75) is 20.3 Å². The molecular formula is C20H19Cl2N3O2. The van der Waals surface area contributed by atoms with Gasteiger partial charge in [-0.05, 0) is 44.2 Å². The number of hydrogen-bond donors (Lipinski definition) is 1. The van der Waals surface area contributed by atoms with E-state index in [2.05, 4.69) is 10.4 Å². The van der Waals surface area contributed by atoms with Crippen molar-refractivity contribution in [3.05, 3.63) is 69.5 Å². The normalized spacial score (nSPS) is 10.7. The van der Waals surface area contributed by atoms with E-state index in [1.807, 2.05) is 38.1 Å². The number of amides is 1. The molecule has 27 heavy (non-hydrogen) atoms. The summed E-state index contributed by atoms with van der Waals surface area (Å²) in [4.78, 5) is 12.5. The van der Waals surface area contributed by atoms with Crippen LogP contribution in [-0.2, 0) is 11.2 Å². The molecule has 0 unspecified atom stereocenters. The summed E-state index contributed by atoms with van der Waals surface area (Å²) in [6.07, 6.45) is 0.218. The predicted molar refractivity (Wildman–Crippen MR) is 108 cm³/mol. The van der Waals surface area contributed by atoms with Gasteiger partial charge in [0.2, 0.25) is 5.91 Å². The molecule has 7 heteroatoms. The van der Waals surface area contributed by atoms with Crippen molar-refractivity contribution < 1.29 is 9.53 Å². The van der Waals surface area contributed by atoms with Crippen LogP contribution in [0.15, 0.2) is 42.5 Å². The van der Waals surface area contributed by atoms with Crippen LogP contribution in [0.5, 0.6) is 5.75 Å². The molecule has 0 atom stereocenters. The van der Waals surface area contributed by atoms with Gasteiger partial charge in [-0.1, -0.05) is 29.3 Å². The lowest BCUT2D eigenvalue weighted by molar-refractivity contribution is -0.115. The van der Waals surface area contributed by atoms with Crippen molar-refractivity contribution in [2.75, 3.05) is 12.4 Å². The Morgan fingerprint density at radius 3 is 2.63 bits per heavy atom. The molecule has 1 amide bonds. The van der Waals surface area contributed by atoms with Gasteiger partial charge in [0.25, 0.3) is 0 Å². The molecule has 0 aliphatic carbocycles. The van der Waals surface area contributed by atoms with Crippen molar-refractivity contribution in [3.63, 3.8) is 0 Å². The third-order valence-corrected chi connectivity index (χ3v) is 5.02. The highest BCUT2D eigenvalue weighted by molar-refractivity contribution is 6.42. The number of methoxy groups -OCH3 is 1. The van der Waals surface area contributed by atoms with Gasteiger partial charge in [-0.3, -0.25) is 4.79 Å². The van der Waals surface area contributed by atoms with Crippen LogP contribution in [0.3, 0.4) is 0 Å². The SMILES string of the molecule is COc1cccc(NC(=O)Cc2c(C)nn(-c3ccc(Cl)c(Cl)c3)c2C)c1. The molecule has 0 bridgehead atoms. The van der Waals surface area contributed by atoms with Crippen LogP contribution in [-0.4, -0.2) is 22.8 Å². The maximum Gasteiger partial charge on any atom is 0.228 e. The number of nitrogens with zero attached hydrogens (tertiary/aromatic N) is 2. The quantitative estimate of drug-likeness (QED) is 0.652. The standard InChI is InChI=1S/C20H19Cl2N3O2/c1-12-17(11-20(26)23-14-5-4-6-16(9-14)27-3)13(2)25(24-12)15-7-8-18(21)19(22)10-15/h4-10H,11H2,1-3H3,(H,23,26). The molecule has 2 aromatic carbocycles. The molecule has 1 heterocycles. The van der Waals surface area contributed by atoms with Gasteiger partial charge in [0.15, 0.2) is 0 Å². The summed E-state index contributed by atoms with van der Waals surface area (Å²) < 4.78 is 6.95. The van der Waals surface area contributed by atoms with Crippen LogP contribution in [0.2, 0.25) is 10.0 Å². The van der Waals surface area contributed by atoms with Crippen molar-refractivity contribution in [2.24, 2.45) is 0 Å². The van der Waals surface area contributed by atoms with E-state index < -0.39 is 0 Å². The lowest BCUT2D eigenvalue weighted by atomic mass is 10.1. The van der Waals surface area contributed by atoms with E-state index in [1.165, 1.54) is 0 Å². The van der Waals surface area contributed by atoms with E-state index in [4.69, 9.17) is 27.9 Å². The zero-order chi connectivity index (χ0) is 19.6. The van der Waals surface area contributed by atoms with Gasteiger partial charge in [-0.2, -0.15) is 5.10 Å². The first-order chi connectivity index (χ1) is 12.9. The number of halogens is 2. The number of nitrogens with one attached hydrogen (secondary N) is 1. The Balaban J connectivity index is 1.81. The Hall–Kier alpha value is -2.50. The largest absolute Gasteiger partial charge is 0.497 e. The Morgan fingerprint density at radius 2 is 1.93 bits per heavy atom. The van der Waals surface area contributed by atoms with E-state index in [-0.39, 0.29) is 12.3 Å². The van der Waals surface area contributed by atoms with E-state index >= 15 is 0 Å². The van der Waals surface area contributed by atoms with Crippen LogP contribution >= 0.6 is 23.2 Å². The fraction of sp³-hybridized carbons (Fsp3) is 0.200. The zero-order valence-electron chi connectivity index (χ0n) is 15.2. The number of carbonyl (C=O) groups is 1. The fourth-order valence-electron chi connectivity index (χ4n) is 2.87. The van der Waals surface area contributed by atoms with Crippen molar-refractivity contribution in [1.29, 1.82) is 0 Å². The van der Waals surface area contributed by atoms with Gasteiger partial charge >= 0.3 is 0 Å². The lowest BCUT2D eigenvalue weighted by Gasteiger charge is -2.08. The molecule has 0 aliphatic rings. The maximum atomic E-state index is 12.5. The highest BCUT2D eigenvalue weighted by atomic mass is 35.5. The molecule has 0 saturated heterocycles. The monoisotopic (exact) mass is 403 g/mol. The summed E-state index contributed by atoms with van der Waals surface area (Å²) in [5.41, 5.74) is 4.03. The minimum atomic E-state index is -0.122. The first-order valence-electron chi connectivity index (χ1n) is 8.33. The summed E-state index contributed by atoms with van der Waals surface area (Å²) in [6.45, 7) is 3.81. The van der Waals surface area contributed by atoms with Crippen LogP contribution in [0.1, 0.15) is 17.0 Å². The number of hydrogen-bond acceptors (Lipinski definition) is 3. The summed E-state index contributed by atoms with van der Waals surface area (Å²) >= 11 is 12.1. The molecular weight excluding hydrogens is 385 g/mol. The second-order valence-electron chi connectivity index (χ2n) is 6.12. The first-order valence-corrected chi connectivity index (χ1v) is 9.09. The van der Waals surface area contributed by atoms with Gasteiger partial charge in [0.1, 0.15) is 5.75 Å². The highest BCUT2D eigenvalue weighted by Crippen LogP contribution is 2.26. The topological polar surface area (TPSA) is 56.1 Å². The summed E-state index contributed by atoms with van der Waals surface area (Å²) in [5, 5.41) is 8.39. The predicted octanol–water partition coefficient (Wildman–Crippen LogP) is 4.99. The second kappa shape index (κ2) is 8.03. The van der Waals surface area contributed by atoms with Gasteiger partial charge < -0.3 is 10.1 Å². The average molecular weight is 404 g/mol. The van der Waals surface area contributed by atoms with Gasteiger partial charge in [-0.25, -0.2) is 4.68 Å². The van der Waals surface area contributed by atoms with Crippen molar-refractivity contribution in [3.8, 4) is 11.4 Å². The third kappa shape index (κ3) is 4.26. The molecule has 3 rings (SSSR count). The van der Waals surface area contributed by atoms with Crippen LogP contribution in [0.4, 0.5) is 5.69 Å². The molecule has 1 N–H and O–H groups in total. The molecule has 0 aliphatic heterocycles. The van der Waals surface area contributed by atoms with Gasteiger partial charge in [0.05, 0.1) is 35.0 Å². The summed E-state index contributed by atoms with van der Waals surface area (Å²) in [5.74, 6) is 0.565. The average Bonchev–Trinajstić information content (AvgIpc) is 2.92. The fourth-order valence-corrected chi connectivity index (χ4v) is 3.16. The molecule has 1 aromatic heterocycles. The van der Waals surface area contributed by atoms with Crippen LogP contribution in [0.25, 0.3) is 5.69 Å². The number of carbonyl (C=O) groups excluding carboxylic acids is 1. The van der Waals surface area contributed by atoms with E-state index in [0.29, 0.717) is 21.5 Å². The lowest BCUT2D eigenvalue weighted by Crippen LogP contribution is -2.15. The first kappa shape index (κ1) is 19.3. The Labute approximate surface area is 167 Å². The molecule has 5 nitrogen and oxygen atoms in total. The third-order valence-electron chi connectivity index (χ3n) is 4.28. The van der Waals surface area contributed by atoms with E-state index in [9.17, 15) is 4.79 Å². The van der Waals surface area contributed by atoms with Crippen molar-refractivity contribution >= 4 is 34.8 Å². The van der Waals surface area contributed by atoms with Gasteiger partial charge in [0, 0.05) is 23.0 Å². The van der Waals surface area contributed by atoms with Crippen LogP contribution < -0.4 is 10.1 Å². The highest BCUT2D eigenvalue weighted by Gasteiger charge is 2.17. The smallest absolute Gasteiger partial charge is 0.228 e. The number of anilines is 1. The minimum absolute atomic E-state index is 0.122. The molecule has 3 aromatic rings. The van der Waals surface area contributed by atoms with Gasteiger partial charge in [-0.15, -0.1) is 0 Å². The maximum absolute atomic E-state index is 12.5. The Bertz CT molecular complexity index is 999. The molecule has 0 saturated carbocycles. The summed E-state index contributed by atoms with van der Waals surface area (Å²) in [6, 6.07) is 12.6. The zero-order valence-corrected chi connectivity index (χ0v) is 16.7. The number of aryl methyl sites for hydroxylation is 1. The Kier molecular flexibility index (Phi) is 5.73. The van der Waals surface area contributed by atoms with E-state index in [1.54, 1.807) is 30.0 Å². The van der Waals surface area contributed by atoms with Crippen LogP contribution in [0, 0.1) is 13.8 Å². The molecule has 140 valence electrons. The molecule has 0 spiro atoms. The summed E-state index contributed by atoms with van der Waals surface area (Å²) in [7, 11) is 1.59. The number of rotatable bonds is 5. The Morgan fingerprint density at radius 1 is 1.15 bits per heavy atom. The second-order valence-corrected chi connectivity index (χ2v) is 6.93. The minimum Gasteiger partial charge on any atom is -0.497 e. The number of ether oxygens (including phenoxy) is 1. The van der Waals surface area contributed by atoms with E-state index in [0.717, 1.165) is 22.6 Å². The number of benzene rings is 2.